The molecule has 0 aliphatic carbocycles. The van der Waals surface area contributed by atoms with E-state index in [4.69, 9.17) is 9.47 Å². The first-order valence-corrected chi connectivity index (χ1v) is 6.87. The Labute approximate surface area is 131 Å². The molecule has 2 N–H and O–H groups in total. The monoisotopic (exact) mass is 314 g/mol. The topological polar surface area (TPSA) is 59.6 Å². The van der Waals surface area contributed by atoms with E-state index in [1.54, 1.807) is 26.4 Å². The number of amides is 1. The van der Waals surface area contributed by atoms with Crippen molar-refractivity contribution in [3.8, 4) is 11.5 Å². The second-order valence-corrected chi connectivity index (χ2v) is 5.24. The van der Waals surface area contributed by atoms with E-state index in [0.717, 1.165) is 25.8 Å². The zero-order valence-corrected chi connectivity index (χ0v) is 13.5. The molecule has 1 heterocycles. The minimum Gasteiger partial charge on any atom is -0.493 e. The number of benzene rings is 1. The fourth-order valence-corrected chi connectivity index (χ4v) is 2.43. The van der Waals surface area contributed by atoms with Gasteiger partial charge >= 0.3 is 0 Å². The quantitative estimate of drug-likeness (QED) is 0.897. The molecule has 0 spiro atoms. The zero-order valence-electron chi connectivity index (χ0n) is 12.7. The smallest absolute Gasteiger partial charge is 0.244 e. The number of methoxy groups -OCH3 is 2. The van der Waals surface area contributed by atoms with Crippen LogP contribution in [0.4, 0.5) is 5.69 Å². The van der Waals surface area contributed by atoms with Crippen molar-refractivity contribution in [1.29, 1.82) is 0 Å². The maximum Gasteiger partial charge on any atom is 0.244 e. The number of hydrogen-bond donors (Lipinski definition) is 2. The van der Waals surface area contributed by atoms with E-state index in [1.165, 1.54) is 0 Å². The van der Waals surface area contributed by atoms with Crippen LogP contribution in [0.25, 0.3) is 0 Å². The molecular weight excluding hydrogens is 292 g/mol. The first kappa shape index (κ1) is 17.6. The van der Waals surface area contributed by atoms with Gasteiger partial charge in [-0.2, -0.15) is 0 Å². The summed E-state index contributed by atoms with van der Waals surface area (Å²) in [6.45, 7) is 2.83. The van der Waals surface area contributed by atoms with E-state index in [1.807, 2.05) is 13.0 Å². The number of ether oxygens (including phenoxy) is 2. The van der Waals surface area contributed by atoms with Crippen molar-refractivity contribution in [2.75, 3.05) is 26.1 Å². The molecule has 1 aromatic carbocycles. The van der Waals surface area contributed by atoms with E-state index < -0.39 is 5.54 Å². The summed E-state index contributed by atoms with van der Waals surface area (Å²) in [6.07, 6.45) is 3.05. The second kappa shape index (κ2) is 7.52. The van der Waals surface area contributed by atoms with E-state index in [9.17, 15) is 4.79 Å². The van der Waals surface area contributed by atoms with Crippen LogP contribution in [0.5, 0.6) is 11.5 Å². The lowest BCUT2D eigenvalue weighted by molar-refractivity contribution is -0.122. The Kier molecular flexibility index (Phi) is 6.30. The normalized spacial score (nSPS) is 21.1. The SMILES string of the molecule is COc1ccc(NC(=O)C2(C)CCCCN2)cc1OC.Cl. The Balaban J connectivity index is 0.00000220. The number of halogens is 1. The number of carbonyl (C=O) groups excluding carboxylic acids is 1. The van der Waals surface area contributed by atoms with Crippen LogP contribution in [-0.4, -0.2) is 32.2 Å². The van der Waals surface area contributed by atoms with Gasteiger partial charge in [0.15, 0.2) is 11.5 Å². The Morgan fingerprint density at radius 1 is 1.24 bits per heavy atom. The second-order valence-electron chi connectivity index (χ2n) is 5.24. The predicted molar refractivity (Wildman–Crippen MR) is 85.7 cm³/mol. The van der Waals surface area contributed by atoms with Crippen LogP contribution >= 0.6 is 12.4 Å². The van der Waals surface area contributed by atoms with Crippen LogP contribution in [0.15, 0.2) is 18.2 Å². The molecule has 6 heteroatoms. The van der Waals surface area contributed by atoms with Gasteiger partial charge in [0.05, 0.1) is 19.8 Å². The molecule has 1 unspecified atom stereocenters. The summed E-state index contributed by atoms with van der Waals surface area (Å²) in [4.78, 5) is 12.4. The van der Waals surface area contributed by atoms with Crippen molar-refractivity contribution in [2.45, 2.75) is 31.7 Å². The summed E-state index contributed by atoms with van der Waals surface area (Å²) < 4.78 is 10.4. The van der Waals surface area contributed by atoms with Gasteiger partial charge in [-0.1, -0.05) is 0 Å². The third-order valence-electron chi connectivity index (χ3n) is 3.76. The molecule has 118 valence electrons. The summed E-state index contributed by atoms with van der Waals surface area (Å²) in [6, 6.07) is 5.36. The third-order valence-corrected chi connectivity index (χ3v) is 3.76. The van der Waals surface area contributed by atoms with Crippen LogP contribution < -0.4 is 20.1 Å². The van der Waals surface area contributed by atoms with Gasteiger partial charge < -0.3 is 20.1 Å². The van der Waals surface area contributed by atoms with E-state index in [2.05, 4.69) is 10.6 Å². The van der Waals surface area contributed by atoms with Gasteiger partial charge in [-0.25, -0.2) is 0 Å². The van der Waals surface area contributed by atoms with Crippen molar-refractivity contribution in [3.05, 3.63) is 18.2 Å². The summed E-state index contributed by atoms with van der Waals surface area (Å²) in [7, 11) is 3.16. The van der Waals surface area contributed by atoms with Crippen molar-refractivity contribution >= 4 is 24.0 Å². The standard InChI is InChI=1S/C15H22N2O3.ClH/c1-15(8-4-5-9-16-15)14(18)17-11-6-7-12(19-2)13(10-11)20-3;/h6-7,10,16H,4-5,8-9H2,1-3H3,(H,17,18);1H. The Morgan fingerprint density at radius 3 is 2.52 bits per heavy atom. The van der Waals surface area contributed by atoms with E-state index >= 15 is 0 Å². The molecule has 1 fully saturated rings. The van der Waals surface area contributed by atoms with Crippen molar-refractivity contribution in [2.24, 2.45) is 0 Å². The summed E-state index contributed by atoms with van der Waals surface area (Å²) in [5, 5.41) is 6.24. The van der Waals surface area contributed by atoms with Crippen LogP contribution in [0.1, 0.15) is 26.2 Å². The number of rotatable bonds is 4. The number of hydrogen-bond acceptors (Lipinski definition) is 4. The fourth-order valence-electron chi connectivity index (χ4n) is 2.43. The van der Waals surface area contributed by atoms with Gasteiger partial charge in [-0.15, -0.1) is 12.4 Å². The highest BCUT2D eigenvalue weighted by Crippen LogP contribution is 2.30. The molecule has 1 amide bonds. The highest BCUT2D eigenvalue weighted by Gasteiger charge is 2.34. The van der Waals surface area contributed by atoms with Crippen molar-refractivity contribution in [1.82, 2.24) is 5.32 Å². The van der Waals surface area contributed by atoms with Gasteiger partial charge in [0, 0.05) is 11.8 Å². The Hall–Kier alpha value is -1.46. The molecule has 21 heavy (non-hydrogen) atoms. The molecule has 0 radical (unpaired) electrons. The number of nitrogens with one attached hydrogen (secondary N) is 2. The lowest BCUT2D eigenvalue weighted by atomic mass is 9.90. The lowest BCUT2D eigenvalue weighted by Crippen LogP contribution is -2.54. The number of piperidine rings is 1. The first-order chi connectivity index (χ1) is 9.59. The summed E-state index contributed by atoms with van der Waals surface area (Å²) in [5.74, 6) is 1.24. The first-order valence-electron chi connectivity index (χ1n) is 6.87. The molecule has 1 aromatic rings. The molecule has 1 aliphatic rings. The minimum absolute atomic E-state index is 0. The van der Waals surface area contributed by atoms with Crippen LogP contribution in [0, 0.1) is 0 Å². The number of anilines is 1. The van der Waals surface area contributed by atoms with Crippen molar-refractivity contribution in [3.63, 3.8) is 0 Å². The van der Waals surface area contributed by atoms with Crippen LogP contribution in [-0.2, 0) is 4.79 Å². The molecule has 0 aromatic heterocycles. The Morgan fingerprint density at radius 2 is 1.95 bits per heavy atom. The van der Waals surface area contributed by atoms with Crippen LogP contribution in [0.3, 0.4) is 0 Å². The molecule has 0 saturated carbocycles. The molecule has 2 rings (SSSR count). The average Bonchev–Trinajstić information content (AvgIpc) is 2.47. The predicted octanol–water partition coefficient (Wildman–Crippen LogP) is 2.60. The zero-order chi connectivity index (χ0) is 14.6. The molecular formula is C15H23ClN2O3. The molecule has 1 aliphatic heterocycles. The van der Waals surface area contributed by atoms with E-state index in [-0.39, 0.29) is 18.3 Å². The average molecular weight is 315 g/mol. The highest BCUT2D eigenvalue weighted by molar-refractivity contribution is 5.98. The van der Waals surface area contributed by atoms with Gasteiger partial charge in [0.25, 0.3) is 0 Å². The largest absolute Gasteiger partial charge is 0.493 e. The van der Waals surface area contributed by atoms with Gasteiger partial charge in [-0.05, 0) is 44.9 Å². The minimum atomic E-state index is -0.495. The fraction of sp³-hybridized carbons (Fsp3) is 0.533. The Bertz CT molecular complexity index is 488. The lowest BCUT2D eigenvalue weighted by Gasteiger charge is -2.33. The molecule has 0 bridgehead atoms. The summed E-state index contributed by atoms with van der Waals surface area (Å²) in [5.41, 5.74) is 0.215. The van der Waals surface area contributed by atoms with E-state index in [0.29, 0.717) is 17.2 Å². The summed E-state index contributed by atoms with van der Waals surface area (Å²) >= 11 is 0. The van der Waals surface area contributed by atoms with Crippen molar-refractivity contribution < 1.29 is 14.3 Å². The third kappa shape index (κ3) is 4.02. The maximum atomic E-state index is 12.4. The van der Waals surface area contributed by atoms with Gasteiger partial charge in [0.2, 0.25) is 5.91 Å². The molecule has 1 atom stereocenters. The molecule has 1 saturated heterocycles. The van der Waals surface area contributed by atoms with Gasteiger partial charge in [-0.3, -0.25) is 4.79 Å². The van der Waals surface area contributed by atoms with Crippen LogP contribution in [0.2, 0.25) is 0 Å². The van der Waals surface area contributed by atoms with Gasteiger partial charge in [0.1, 0.15) is 0 Å². The highest BCUT2D eigenvalue weighted by atomic mass is 35.5. The number of carbonyl (C=O) groups is 1. The maximum absolute atomic E-state index is 12.4. The molecule has 5 nitrogen and oxygen atoms in total.